The highest BCUT2D eigenvalue weighted by Crippen LogP contribution is 2.29. The van der Waals surface area contributed by atoms with Crippen molar-refractivity contribution >= 4 is 51.7 Å². The number of aryl methyl sites for hydroxylation is 1. The molecule has 2 N–H and O–H groups in total. The van der Waals surface area contributed by atoms with E-state index in [1.807, 2.05) is 54.8 Å². The summed E-state index contributed by atoms with van der Waals surface area (Å²) in [6.45, 7) is 6.87. The molecule has 1 fully saturated rings. The van der Waals surface area contributed by atoms with E-state index in [9.17, 15) is 4.79 Å². The van der Waals surface area contributed by atoms with E-state index in [-0.39, 0.29) is 5.91 Å². The Bertz CT molecular complexity index is 1700. The van der Waals surface area contributed by atoms with Gasteiger partial charge in [-0.25, -0.2) is 0 Å². The van der Waals surface area contributed by atoms with Gasteiger partial charge >= 0.3 is 0 Å². The Hall–Kier alpha value is -4.40. The average Bonchev–Trinajstić information content (AvgIpc) is 3.66. The number of piperazine rings is 1. The van der Waals surface area contributed by atoms with Crippen LogP contribution >= 0.6 is 11.3 Å². The monoisotopic (exact) mass is 577 g/mol. The number of aromatic nitrogens is 2. The normalized spacial score (nSPS) is 14.1. The molecule has 42 heavy (non-hydrogen) atoms. The van der Waals surface area contributed by atoms with Crippen LogP contribution in [0.3, 0.4) is 0 Å². The van der Waals surface area contributed by atoms with Crippen LogP contribution in [-0.2, 0) is 17.8 Å². The number of fused-ring (bicyclic) bond motifs is 1. The number of hydrogen-bond donors (Lipinski definition) is 2. The van der Waals surface area contributed by atoms with E-state index in [2.05, 4.69) is 67.8 Å². The molecule has 1 aliphatic heterocycles. The first-order valence-electron chi connectivity index (χ1n) is 14.2. The summed E-state index contributed by atoms with van der Waals surface area (Å²) in [6, 6.07) is 24.9. The maximum absolute atomic E-state index is 12.6. The first-order chi connectivity index (χ1) is 20.6. The van der Waals surface area contributed by atoms with Gasteiger partial charge in [-0.2, -0.15) is 5.10 Å². The highest BCUT2D eigenvalue weighted by molar-refractivity contribution is 7.10. The molecule has 214 valence electrons. The van der Waals surface area contributed by atoms with E-state index < -0.39 is 0 Å². The summed E-state index contributed by atoms with van der Waals surface area (Å²) < 4.78 is 5.57. The molecule has 3 heterocycles. The Morgan fingerprint density at radius 3 is 2.69 bits per heavy atom. The second-order valence-electron chi connectivity index (χ2n) is 10.6. The van der Waals surface area contributed by atoms with Crippen LogP contribution in [0, 0.1) is 6.92 Å². The van der Waals surface area contributed by atoms with Gasteiger partial charge < -0.3 is 15.0 Å². The van der Waals surface area contributed by atoms with Gasteiger partial charge in [0.15, 0.2) is 0 Å². The fourth-order valence-corrected chi connectivity index (χ4v) is 6.19. The number of ether oxygens (including phenoxy) is 1. The first-order valence-corrected chi connectivity index (χ1v) is 15.1. The van der Waals surface area contributed by atoms with Gasteiger partial charge in [-0.1, -0.05) is 48.5 Å². The number of carbonyl (C=O) groups excluding carboxylic acids is 1. The molecule has 8 heteroatoms. The minimum absolute atomic E-state index is 0.0153. The van der Waals surface area contributed by atoms with Gasteiger partial charge in [0.25, 0.3) is 0 Å². The Morgan fingerprint density at radius 2 is 1.88 bits per heavy atom. The SMILES string of the molecule is COc1ccccc1N1CCN(Cc2cccc(C=Cc3n[nH]c4cc(C)c(NC(=O)Cc5cccs5)cc34)c2)CC1. The largest absolute Gasteiger partial charge is 0.495 e. The van der Waals surface area contributed by atoms with Gasteiger partial charge in [-0.05, 0) is 65.4 Å². The maximum atomic E-state index is 12.6. The number of para-hydroxylation sites is 2. The van der Waals surface area contributed by atoms with Gasteiger partial charge in [0.05, 0.1) is 30.4 Å². The number of nitrogens with zero attached hydrogens (tertiary/aromatic N) is 3. The zero-order valence-electron chi connectivity index (χ0n) is 24.0. The van der Waals surface area contributed by atoms with Crippen molar-refractivity contribution in [1.82, 2.24) is 15.1 Å². The topological polar surface area (TPSA) is 73.5 Å². The molecule has 1 aliphatic rings. The zero-order valence-corrected chi connectivity index (χ0v) is 24.8. The molecule has 0 aliphatic carbocycles. The van der Waals surface area contributed by atoms with Crippen LogP contribution in [0.4, 0.5) is 11.4 Å². The van der Waals surface area contributed by atoms with Crippen molar-refractivity contribution in [3.63, 3.8) is 0 Å². The average molecular weight is 578 g/mol. The minimum atomic E-state index is -0.0153. The van der Waals surface area contributed by atoms with E-state index in [0.717, 1.165) is 76.8 Å². The lowest BCUT2D eigenvalue weighted by molar-refractivity contribution is -0.115. The molecule has 1 amide bonds. The molecule has 0 unspecified atom stereocenters. The minimum Gasteiger partial charge on any atom is -0.495 e. The second-order valence-corrected chi connectivity index (χ2v) is 11.7. The number of carbonyl (C=O) groups is 1. The van der Waals surface area contributed by atoms with Crippen LogP contribution in [0.15, 0.2) is 78.2 Å². The summed E-state index contributed by atoms with van der Waals surface area (Å²) in [7, 11) is 1.73. The highest BCUT2D eigenvalue weighted by Gasteiger charge is 2.19. The number of H-pyrrole nitrogens is 1. The number of aromatic amines is 1. The fourth-order valence-electron chi connectivity index (χ4n) is 5.49. The third-order valence-corrected chi connectivity index (χ3v) is 8.59. The third kappa shape index (κ3) is 6.40. The van der Waals surface area contributed by atoms with Crippen molar-refractivity contribution < 1.29 is 9.53 Å². The lowest BCUT2D eigenvalue weighted by Crippen LogP contribution is -2.46. The fraction of sp³-hybridized carbons (Fsp3) is 0.235. The molecule has 6 rings (SSSR count). The molecule has 5 aromatic rings. The second kappa shape index (κ2) is 12.6. The number of amides is 1. The van der Waals surface area contributed by atoms with Gasteiger partial charge in [0, 0.05) is 48.7 Å². The molecule has 0 atom stereocenters. The highest BCUT2D eigenvalue weighted by atomic mass is 32.1. The molecule has 2 aromatic heterocycles. The van der Waals surface area contributed by atoms with Crippen LogP contribution in [0.2, 0.25) is 0 Å². The molecular formula is C34H35N5O2S. The Labute approximate surface area is 250 Å². The van der Waals surface area contributed by atoms with Crippen molar-refractivity contribution in [3.05, 3.63) is 105 Å². The summed E-state index contributed by atoms with van der Waals surface area (Å²) in [6.07, 6.45) is 4.52. The summed E-state index contributed by atoms with van der Waals surface area (Å²) in [5.74, 6) is 0.916. The number of rotatable bonds is 9. The molecule has 0 radical (unpaired) electrons. The predicted octanol–water partition coefficient (Wildman–Crippen LogP) is 6.62. The number of anilines is 2. The lowest BCUT2D eigenvalue weighted by atomic mass is 10.1. The maximum Gasteiger partial charge on any atom is 0.229 e. The smallest absolute Gasteiger partial charge is 0.229 e. The van der Waals surface area contributed by atoms with Crippen molar-refractivity contribution in [2.24, 2.45) is 0 Å². The van der Waals surface area contributed by atoms with Gasteiger partial charge in [-0.15, -0.1) is 11.3 Å². The molecule has 0 saturated carbocycles. The Morgan fingerprint density at radius 1 is 1.02 bits per heavy atom. The van der Waals surface area contributed by atoms with Crippen molar-refractivity contribution in [2.75, 3.05) is 43.5 Å². The lowest BCUT2D eigenvalue weighted by Gasteiger charge is -2.36. The van der Waals surface area contributed by atoms with Gasteiger partial charge in [-0.3, -0.25) is 14.8 Å². The molecule has 1 saturated heterocycles. The van der Waals surface area contributed by atoms with E-state index in [4.69, 9.17) is 4.74 Å². The van der Waals surface area contributed by atoms with Crippen LogP contribution in [0.25, 0.3) is 23.1 Å². The van der Waals surface area contributed by atoms with E-state index in [1.165, 1.54) is 11.3 Å². The number of methoxy groups -OCH3 is 1. The molecular weight excluding hydrogens is 542 g/mol. The van der Waals surface area contributed by atoms with E-state index in [1.54, 1.807) is 18.4 Å². The van der Waals surface area contributed by atoms with Crippen LogP contribution in [-0.4, -0.2) is 54.3 Å². The van der Waals surface area contributed by atoms with Crippen LogP contribution in [0.5, 0.6) is 5.75 Å². The summed E-state index contributed by atoms with van der Waals surface area (Å²) in [5.41, 5.74) is 7.20. The molecule has 0 bridgehead atoms. The number of hydrogen-bond acceptors (Lipinski definition) is 6. The first kappa shape index (κ1) is 27.8. The van der Waals surface area contributed by atoms with E-state index >= 15 is 0 Å². The standard InChI is InChI=1S/C34H35N5O2S/c1-24-19-31-28(22-30(24)35-34(40)21-27-9-6-18-42-27)29(36-37-31)13-12-25-7-5-8-26(20-25)23-38-14-16-39(17-15-38)32-10-3-4-11-33(32)41-2/h3-13,18-20,22H,14-17,21,23H2,1-2H3,(H,35,40)(H,36,37). The van der Waals surface area contributed by atoms with E-state index in [0.29, 0.717) is 6.42 Å². The summed E-state index contributed by atoms with van der Waals surface area (Å²) in [4.78, 5) is 18.6. The molecule has 3 aromatic carbocycles. The van der Waals surface area contributed by atoms with Gasteiger partial charge in [0.1, 0.15) is 5.75 Å². The Balaban J connectivity index is 1.10. The number of nitrogens with one attached hydrogen (secondary N) is 2. The van der Waals surface area contributed by atoms with Gasteiger partial charge in [0.2, 0.25) is 5.91 Å². The summed E-state index contributed by atoms with van der Waals surface area (Å²) in [5, 5.41) is 13.7. The summed E-state index contributed by atoms with van der Waals surface area (Å²) >= 11 is 1.59. The quantitative estimate of drug-likeness (QED) is 0.206. The van der Waals surface area contributed by atoms with Crippen LogP contribution in [0.1, 0.15) is 27.3 Å². The number of benzene rings is 3. The third-order valence-electron chi connectivity index (χ3n) is 7.72. The van der Waals surface area contributed by atoms with Crippen molar-refractivity contribution in [1.29, 1.82) is 0 Å². The predicted molar refractivity (Wildman–Crippen MR) is 173 cm³/mol. The number of thiophene rings is 1. The van der Waals surface area contributed by atoms with Crippen LogP contribution < -0.4 is 15.0 Å². The molecule has 7 nitrogen and oxygen atoms in total. The van der Waals surface area contributed by atoms with Crippen molar-refractivity contribution in [2.45, 2.75) is 19.9 Å². The Kier molecular flexibility index (Phi) is 8.35. The van der Waals surface area contributed by atoms with Crippen molar-refractivity contribution in [3.8, 4) is 5.75 Å². The molecule has 0 spiro atoms. The zero-order chi connectivity index (χ0) is 28.9.